The number of benzene rings is 1. The van der Waals surface area contributed by atoms with E-state index in [-0.39, 0.29) is 11.9 Å². The molecule has 6 heteroatoms. The molecule has 1 saturated heterocycles. The predicted octanol–water partition coefficient (Wildman–Crippen LogP) is 3.90. The molecule has 1 aliphatic heterocycles. The summed E-state index contributed by atoms with van der Waals surface area (Å²) in [5.41, 5.74) is 1.57. The van der Waals surface area contributed by atoms with Gasteiger partial charge in [-0.1, -0.05) is 24.3 Å². The normalized spacial score (nSPS) is 16.3. The lowest BCUT2D eigenvalue weighted by molar-refractivity contribution is 0.0732. The number of carbonyl (C=O) groups is 1. The number of aromatic nitrogens is 3. The van der Waals surface area contributed by atoms with Crippen LogP contribution in [0.3, 0.4) is 0 Å². The Morgan fingerprint density at radius 1 is 1.07 bits per heavy atom. The van der Waals surface area contributed by atoms with Crippen molar-refractivity contribution in [1.29, 1.82) is 0 Å². The fourth-order valence-electron chi connectivity index (χ4n) is 3.46. The molecule has 3 aromatic rings. The number of pyridine rings is 1. The summed E-state index contributed by atoms with van der Waals surface area (Å²) in [6, 6.07) is 17.0. The number of rotatable bonds is 4. The maximum Gasteiger partial charge on any atom is 0.254 e. The molecular weight excluding hydrogens is 338 g/mol. The van der Waals surface area contributed by atoms with Crippen LogP contribution in [0.2, 0.25) is 0 Å². The molecule has 1 fully saturated rings. The first kappa shape index (κ1) is 17.1. The largest absolute Gasteiger partial charge is 0.330 e. The molecule has 27 heavy (non-hydrogen) atoms. The monoisotopic (exact) mass is 359 g/mol. The number of likely N-dealkylation sites (tertiary alicyclic amines) is 1. The van der Waals surface area contributed by atoms with Gasteiger partial charge in [-0.2, -0.15) is 0 Å². The Labute approximate surface area is 158 Å². The highest BCUT2D eigenvalue weighted by atomic mass is 16.2. The van der Waals surface area contributed by atoms with Gasteiger partial charge < -0.3 is 10.2 Å². The molecule has 1 unspecified atom stereocenters. The highest BCUT2D eigenvalue weighted by Gasteiger charge is 2.32. The summed E-state index contributed by atoms with van der Waals surface area (Å²) >= 11 is 0. The Morgan fingerprint density at radius 2 is 1.89 bits per heavy atom. The van der Waals surface area contributed by atoms with Crippen molar-refractivity contribution in [1.82, 2.24) is 19.9 Å². The zero-order chi connectivity index (χ0) is 18.6. The van der Waals surface area contributed by atoms with Crippen molar-refractivity contribution in [3.8, 4) is 0 Å². The second kappa shape index (κ2) is 7.53. The maximum atomic E-state index is 12.9. The molecule has 0 bridgehead atoms. The maximum absolute atomic E-state index is 12.9. The Hall–Kier alpha value is -3.28. The van der Waals surface area contributed by atoms with E-state index in [1.807, 2.05) is 66.4 Å². The summed E-state index contributed by atoms with van der Waals surface area (Å²) in [5.74, 6) is 2.14. The van der Waals surface area contributed by atoms with Gasteiger partial charge in [0.25, 0.3) is 5.91 Å². The minimum absolute atomic E-state index is 0.0383. The quantitative estimate of drug-likeness (QED) is 0.765. The van der Waals surface area contributed by atoms with Crippen LogP contribution in [-0.4, -0.2) is 32.3 Å². The lowest BCUT2D eigenvalue weighted by Gasteiger charge is -2.25. The number of aryl methyl sites for hydroxylation is 1. The van der Waals surface area contributed by atoms with Crippen LogP contribution in [0, 0.1) is 6.92 Å². The molecule has 0 saturated carbocycles. The molecule has 6 nitrogen and oxygen atoms in total. The van der Waals surface area contributed by atoms with E-state index in [0.717, 1.165) is 30.9 Å². The van der Waals surface area contributed by atoms with Gasteiger partial charge in [-0.25, -0.2) is 15.0 Å². The van der Waals surface area contributed by atoms with Crippen molar-refractivity contribution in [3.05, 3.63) is 77.9 Å². The fourth-order valence-corrected chi connectivity index (χ4v) is 3.46. The molecule has 1 aromatic carbocycles. The van der Waals surface area contributed by atoms with E-state index in [0.29, 0.717) is 17.2 Å². The van der Waals surface area contributed by atoms with E-state index in [9.17, 15) is 4.79 Å². The van der Waals surface area contributed by atoms with Crippen LogP contribution < -0.4 is 5.32 Å². The minimum atomic E-state index is -0.0383. The van der Waals surface area contributed by atoms with E-state index in [2.05, 4.69) is 20.3 Å². The average molecular weight is 359 g/mol. The Morgan fingerprint density at radius 3 is 2.67 bits per heavy atom. The minimum Gasteiger partial charge on any atom is -0.330 e. The first-order valence-corrected chi connectivity index (χ1v) is 9.10. The van der Waals surface area contributed by atoms with Crippen molar-refractivity contribution in [2.45, 2.75) is 25.8 Å². The Balaban J connectivity index is 1.61. The molecule has 1 amide bonds. The van der Waals surface area contributed by atoms with Gasteiger partial charge in [0.2, 0.25) is 0 Å². The summed E-state index contributed by atoms with van der Waals surface area (Å²) in [5, 5.41) is 3.22. The van der Waals surface area contributed by atoms with Gasteiger partial charge in [-0.15, -0.1) is 0 Å². The first-order valence-electron chi connectivity index (χ1n) is 9.10. The number of anilines is 2. The van der Waals surface area contributed by atoms with Gasteiger partial charge in [-0.05, 0) is 44.0 Å². The molecule has 2 aromatic heterocycles. The molecule has 1 N–H and O–H groups in total. The van der Waals surface area contributed by atoms with E-state index >= 15 is 0 Å². The number of nitrogens with one attached hydrogen (secondary N) is 1. The van der Waals surface area contributed by atoms with E-state index < -0.39 is 0 Å². The summed E-state index contributed by atoms with van der Waals surface area (Å²) in [6.45, 7) is 2.61. The Bertz CT molecular complexity index is 930. The SMILES string of the molecule is Cc1nc(Nc2ccccn2)cc(C2CCCN2C(=O)c2ccccc2)n1. The van der Waals surface area contributed by atoms with Gasteiger partial charge in [-0.3, -0.25) is 4.79 Å². The molecule has 1 atom stereocenters. The molecular formula is C21H21N5O. The standard InChI is InChI=1S/C21H21N5O/c1-15-23-17(14-20(24-15)25-19-11-5-6-12-22-19)18-10-7-13-26(18)21(27)16-8-3-2-4-9-16/h2-6,8-9,11-12,14,18H,7,10,13H2,1H3,(H,22,23,24,25). The summed E-state index contributed by atoms with van der Waals surface area (Å²) in [6.07, 6.45) is 3.60. The average Bonchev–Trinajstić information content (AvgIpc) is 3.18. The molecule has 0 aliphatic carbocycles. The smallest absolute Gasteiger partial charge is 0.254 e. The van der Waals surface area contributed by atoms with Crippen molar-refractivity contribution < 1.29 is 4.79 Å². The molecule has 0 spiro atoms. The second-order valence-corrected chi connectivity index (χ2v) is 6.59. The lowest BCUT2D eigenvalue weighted by Crippen LogP contribution is -2.31. The van der Waals surface area contributed by atoms with E-state index in [4.69, 9.17) is 0 Å². The van der Waals surface area contributed by atoms with Gasteiger partial charge in [0, 0.05) is 24.4 Å². The zero-order valence-electron chi connectivity index (χ0n) is 15.2. The number of carbonyl (C=O) groups excluding carboxylic acids is 1. The van der Waals surface area contributed by atoms with Crippen molar-refractivity contribution in [2.75, 3.05) is 11.9 Å². The van der Waals surface area contributed by atoms with Gasteiger partial charge in [0.05, 0.1) is 11.7 Å². The van der Waals surface area contributed by atoms with Crippen LogP contribution in [0.25, 0.3) is 0 Å². The third kappa shape index (κ3) is 3.79. The molecule has 136 valence electrons. The molecule has 0 radical (unpaired) electrons. The molecule has 4 rings (SSSR count). The topological polar surface area (TPSA) is 71.0 Å². The summed E-state index contributed by atoms with van der Waals surface area (Å²) < 4.78 is 0. The van der Waals surface area contributed by atoms with Gasteiger partial charge >= 0.3 is 0 Å². The highest BCUT2D eigenvalue weighted by molar-refractivity contribution is 5.94. The second-order valence-electron chi connectivity index (χ2n) is 6.59. The van der Waals surface area contributed by atoms with Crippen LogP contribution in [0.4, 0.5) is 11.6 Å². The summed E-state index contributed by atoms with van der Waals surface area (Å²) in [4.78, 5) is 28.2. The predicted molar refractivity (Wildman–Crippen MR) is 104 cm³/mol. The van der Waals surface area contributed by atoms with E-state index in [1.165, 1.54) is 0 Å². The van der Waals surface area contributed by atoms with Crippen LogP contribution in [-0.2, 0) is 0 Å². The third-order valence-electron chi connectivity index (χ3n) is 4.65. The van der Waals surface area contributed by atoms with Crippen molar-refractivity contribution in [2.24, 2.45) is 0 Å². The van der Waals surface area contributed by atoms with Crippen LogP contribution in [0.5, 0.6) is 0 Å². The molecule has 1 aliphatic rings. The van der Waals surface area contributed by atoms with Gasteiger partial charge in [0.1, 0.15) is 17.5 Å². The lowest BCUT2D eigenvalue weighted by atomic mass is 10.1. The van der Waals surface area contributed by atoms with Crippen LogP contribution in [0.15, 0.2) is 60.8 Å². The van der Waals surface area contributed by atoms with Crippen molar-refractivity contribution >= 4 is 17.5 Å². The third-order valence-corrected chi connectivity index (χ3v) is 4.65. The number of amides is 1. The highest BCUT2D eigenvalue weighted by Crippen LogP contribution is 2.33. The van der Waals surface area contributed by atoms with Crippen LogP contribution >= 0.6 is 0 Å². The van der Waals surface area contributed by atoms with Crippen LogP contribution in [0.1, 0.15) is 40.8 Å². The van der Waals surface area contributed by atoms with E-state index in [1.54, 1.807) is 6.20 Å². The van der Waals surface area contributed by atoms with Gasteiger partial charge in [0.15, 0.2) is 0 Å². The Kier molecular flexibility index (Phi) is 4.78. The fraction of sp³-hybridized carbons (Fsp3) is 0.238. The number of hydrogen-bond donors (Lipinski definition) is 1. The zero-order valence-corrected chi connectivity index (χ0v) is 15.2. The number of nitrogens with zero attached hydrogens (tertiary/aromatic N) is 4. The number of hydrogen-bond acceptors (Lipinski definition) is 5. The van der Waals surface area contributed by atoms with Crippen molar-refractivity contribution in [3.63, 3.8) is 0 Å². The molecule has 3 heterocycles. The first-order chi connectivity index (χ1) is 13.2. The summed E-state index contributed by atoms with van der Waals surface area (Å²) in [7, 11) is 0.